The van der Waals surface area contributed by atoms with E-state index < -0.39 is 11.8 Å². The molecule has 1 amide bonds. The van der Waals surface area contributed by atoms with Crippen LogP contribution in [0.3, 0.4) is 0 Å². The van der Waals surface area contributed by atoms with Crippen molar-refractivity contribution in [3.63, 3.8) is 0 Å². The molecular formula is C24H30ClN5O3. The van der Waals surface area contributed by atoms with Gasteiger partial charge in [0.2, 0.25) is 0 Å². The Hall–Kier alpha value is -2.94. The highest BCUT2D eigenvalue weighted by atomic mass is 35.5. The van der Waals surface area contributed by atoms with Crippen molar-refractivity contribution in [1.29, 1.82) is 0 Å². The minimum Gasteiger partial charge on any atom is -0.507 e. The second-order valence-electron chi connectivity index (χ2n) is 8.66. The number of aryl methyl sites for hydroxylation is 1. The van der Waals surface area contributed by atoms with Gasteiger partial charge in [0.15, 0.2) is 11.5 Å². The Morgan fingerprint density at radius 3 is 2.70 bits per heavy atom. The highest BCUT2D eigenvalue weighted by Crippen LogP contribution is 2.38. The number of para-hydroxylation sites is 1. The van der Waals surface area contributed by atoms with E-state index in [1.54, 1.807) is 18.2 Å². The fourth-order valence-corrected chi connectivity index (χ4v) is 4.05. The topological polar surface area (TPSA) is 114 Å². The molecule has 1 atom stereocenters. The average molecular weight is 472 g/mol. The molecule has 1 aliphatic rings. The molecule has 4 rings (SSSR count). The number of nitrogens with one attached hydrogen (secondary N) is 1. The quantitative estimate of drug-likeness (QED) is 0.289. The zero-order valence-corrected chi connectivity index (χ0v) is 19.9. The third-order valence-electron chi connectivity index (χ3n) is 5.67. The zero-order chi connectivity index (χ0) is 22.9. The molecule has 1 aliphatic heterocycles. The summed E-state index contributed by atoms with van der Waals surface area (Å²) < 4.78 is 5.43. The zero-order valence-electron chi connectivity index (χ0n) is 19.0. The lowest BCUT2D eigenvalue weighted by Crippen LogP contribution is -2.59. The lowest BCUT2D eigenvalue weighted by Gasteiger charge is -2.37. The molecule has 0 unspecified atom stereocenters. The molecule has 33 heavy (non-hydrogen) atoms. The monoisotopic (exact) mass is 471 g/mol. The molecule has 0 bridgehead atoms. The number of benzene rings is 2. The second kappa shape index (κ2) is 9.91. The van der Waals surface area contributed by atoms with Crippen LogP contribution in [0.25, 0.3) is 22.3 Å². The van der Waals surface area contributed by atoms with E-state index in [1.165, 1.54) is 0 Å². The summed E-state index contributed by atoms with van der Waals surface area (Å²) in [5, 5.41) is 15.7. The van der Waals surface area contributed by atoms with Crippen LogP contribution in [-0.4, -0.2) is 39.3 Å². The SMILES string of the molecule is Cc1ccc2c([C@]3(N(N)C(=O)OCC(C)C)CCCN3)nc(-c3ccccc3O)nc2c1.Cl. The van der Waals surface area contributed by atoms with Crippen molar-refractivity contribution < 1.29 is 14.6 Å². The van der Waals surface area contributed by atoms with Crippen molar-refractivity contribution in [2.24, 2.45) is 11.8 Å². The standard InChI is InChI=1S/C24H29N5O3.ClH/c1-15(2)14-32-23(31)29(25)24(11-6-12-26-24)21-17-10-9-16(3)13-19(17)27-22(28-21)18-7-4-5-8-20(18)30;/h4-5,7-10,13,15,26,30H,6,11-12,14,25H2,1-3H3;1H/t24-;/m1./s1. The van der Waals surface area contributed by atoms with E-state index in [4.69, 9.17) is 20.5 Å². The summed E-state index contributed by atoms with van der Waals surface area (Å²) in [7, 11) is 0. The van der Waals surface area contributed by atoms with Crippen LogP contribution >= 0.6 is 12.4 Å². The summed E-state index contributed by atoms with van der Waals surface area (Å²) >= 11 is 0. The largest absolute Gasteiger partial charge is 0.507 e. The number of nitrogens with zero attached hydrogens (tertiary/aromatic N) is 3. The van der Waals surface area contributed by atoms with E-state index in [0.29, 0.717) is 35.6 Å². The molecule has 2 aromatic carbocycles. The van der Waals surface area contributed by atoms with Crippen LogP contribution in [0.5, 0.6) is 5.75 Å². The molecule has 9 heteroatoms. The Bertz CT molecular complexity index is 1150. The van der Waals surface area contributed by atoms with Gasteiger partial charge >= 0.3 is 6.09 Å². The second-order valence-corrected chi connectivity index (χ2v) is 8.66. The smallest absolute Gasteiger partial charge is 0.426 e. The lowest BCUT2D eigenvalue weighted by molar-refractivity contribution is 0.0313. The number of aromatic nitrogens is 2. The van der Waals surface area contributed by atoms with E-state index in [2.05, 4.69) is 5.32 Å². The first-order valence-corrected chi connectivity index (χ1v) is 10.9. The summed E-state index contributed by atoms with van der Waals surface area (Å²) in [6.45, 7) is 6.88. The number of hydrogen-bond donors (Lipinski definition) is 3. The first kappa shape index (κ1) is 24.7. The fourth-order valence-electron chi connectivity index (χ4n) is 4.05. The van der Waals surface area contributed by atoms with Crippen molar-refractivity contribution in [2.75, 3.05) is 13.2 Å². The molecule has 0 radical (unpaired) electrons. The molecule has 4 N–H and O–H groups in total. The number of carbonyl (C=O) groups excluding carboxylic acids is 1. The number of aromatic hydroxyl groups is 1. The summed E-state index contributed by atoms with van der Waals surface area (Å²) in [5.74, 6) is 7.04. The van der Waals surface area contributed by atoms with Gasteiger partial charge in [-0.3, -0.25) is 5.32 Å². The van der Waals surface area contributed by atoms with Gasteiger partial charge in [0.25, 0.3) is 0 Å². The molecule has 1 fully saturated rings. The van der Waals surface area contributed by atoms with Crippen LogP contribution in [-0.2, 0) is 10.4 Å². The molecule has 0 aliphatic carbocycles. The normalized spacial score (nSPS) is 17.7. The Morgan fingerprint density at radius 2 is 2.03 bits per heavy atom. The molecule has 176 valence electrons. The minimum atomic E-state index is -1.05. The van der Waals surface area contributed by atoms with E-state index in [1.807, 2.05) is 45.0 Å². The molecule has 0 saturated carbocycles. The number of carbonyl (C=O) groups is 1. The van der Waals surface area contributed by atoms with Crippen molar-refractivity contribution >= 4 is 29.4 Å². The van der Waals surface area contributed by atoms with Crippen LogP contribution < -0.4 is 11.2 Å². The number of rotatable bonds is 5. The van der Waals surface area contributed by atoms with Gasteiger partial charge in [-0.05, 0) is 56.0 Å². The highest BCUT2D eigenvalue weighted by molar-refractivity contribution is 5.86. The van der Waals surface area contributed by atoms with E-state index in [9.17, 15) is 9.90 Å². The molecular weight excluding hydrogens is 442 g/mol. The first-order chi connectivity index (χ1) is 15.3. The lowest BCUT2D eigenvalue weighted by atomic mass is 9.97. The summed E-state index contributed by atoms with van der Waals surface area (Å²) in [6, 6.07) is 12.8. The first-order valence-electron chi connectivity index (χ1n) is 10.9. The summed E-state index contributed by atoms with van der Waals surface area (Å²) in [5.41, 5.74) is 1.80. The Morgan fingerprint density at radius 1 is 1.27 bits per heavy atom. The number of nitrogens with two attached hydrogens (primary N) is 1. The number of halogens is 1. The van der Waals surface area contributed by atoms with Gasteiger partial charge in [-0.15, -0.1) is 12.4 Å². The van der Waals surface area contributed by atoms with Gasteiger partial charge in [-0.2, -0.15) is 0 Å². The third-order valence-corrected chi connectivity index (χ3v) is 5.67. The number of hydrazine groups is 1. The van der Waals surface area contributed by atoms with Crippen LogP contribution in [0.4, 0.5) is 4.79 Å². The van der Waals surface area contributed by atoms with Crippen LogP contribution in [0.2, 0.25) is 0 Å². The van der Waals surface area contributed by atoms with E-state index >= 15 is 0 Å². The minimum absolute atomic E-state index is 0. The third kappa shape index (κ3) is 4.73. The van der Waals surface area contributed by atoms with Crippen molar-refractivity contribution in [3.05, 3.63) is 53.7 Å². The Balaban J connectivity index is 0.00000306. The predicted octanol–water partition coefficient (Wildman–Crippen LogP) is 4.24. The van der Waals surface area contributed by atoms with Gasteiger partial charge in [-0.1, -0.05) is 38.1 Å². The number of phenolic OH excluding ortho intramolecular Hbond substituents is 1. The van der Waals surface area contributed by atoms with Gasteiger partial charge < -0.3 is 9.84 Å². The van der Waals surface area contributed by atoms with Crippen LogP contribution in [0.15, 0.2) is 42.5 Å². The van der Waals surface area contributed by atoms with Gasteiger partial charge in [0.05, 0.1) is 23.4 Å². The molecule has 1 saturated heterocycles. The maximum Gasteiger partial charge on any atom is 0.426 e. The van der Waals surface area contributed by atoms with Crippen molar-refractivity contribution in [2.45, 2.75) is 39.3 Å². The van der Waals surface area contributed by atoms with E-state index in [0.717, 1.165) is 22.4 Å². The number of phenols is 1. The molecule has 1 aromatic heterocycles. The summed E-state index contributed by atoms with van der Waals surface area (Å²) in [6.07, 6.45) is 0.769. The molecule has 3 aromatic rings. The van der Waals surface area contributed by atoms with Crippen molar-refractivity contribution in [1.82, 2.24) is 20.3 Å². The summed E-state index contributed by atoms with van der Waals surface area (Å²) in [4.78, 5) is 22.4. The number of hydrogen-bond acceptors (Lipinski definition) is 7. The molecule has 0 spiro atoms. The molecule has 8 nitrogen and oxygen atoms in total. The maximum absolute atomic E-state index is 12.9. The highest BCUT2D eigenvalue weighted by Gasteiger charge is 2.46. The predicted molar refractivity (Wildman–Crippen MR) is 130 cm³/mol. The molecule has 2 heterocycles. The van der Waals surface area contributed by atoms with E-state index in [-0.39, 0.29) is 30.7 Å². The average Bonchev–Trinajstić information content (AvgIpc) is 3.27. The van der Waals surface area contributed by atoms with Crippen LogP contribution in [0, 0.1) is 12.8 Å². The number of amides is 1. The maximum atomic E-state index is 12.9. The Labute approximate surface area is 199 Å². The number of fused-ring (bicyclic) bond motifs is 1. The van der Waals surface area contributed by atoms with Gasteiger partial charge in [0, 0.05) is 5.39 Å². The van der Waals surface area contributed by atoms with Crippen molar-refractivity contribution in [3.8, 4) is 17.1 Å². The van der Waals surface area contributed by atoms with Gasteiger partial charge in [-0.25, -0.2) is 25.6 Å². The van der Waals surface area contributed by atoms with Gasteiger partial charge in [0.1, 0.15) is 5.75 Å². The number of ether oxygens (including phenoxy) is 1. The Kier molecular flexibility index (Phi) is 7.41. The fraction of sp³-hybridized carbons (Fsp3) is 0.375. The van der Waals surface area contributed by atoms with Crippen LogP contribution in [0.1, 0.15) is 37.9 Å².